The fraction of sp³-hybridized carbons (Fsp3) is 0.538. The third-order valence-electron chi connectivity index (χ3n) is 16.9. The monoisotopic (exact) mass is 1960 g/mol. The Hall–Kier alpha value is -8.54. The Bertz CT molecular complexity index is 3200. The van der Waals surface area contributed by atoms with Gasteiger partial charge in [0.05, 0.1) is 34.2 Å². The zero-order chi connectivity index (χ0) is 92.3. The van der Waals surface area contributed by atoms with Crippen LogP contribution >= 0.6 is 30.3 Å². The SMILES string of the molecule is CCCCCC(=O)c1cccc(C(=O)[N-]CCCC)n1.CCCCNC(=O)c1cccc(C(=O)NCCCC)n1.CCCCNC(=O)c1cccc(C(=O)NCCCC)n1.CCCC[N-]C(=O)c1cccc(C(=O)NCCCC)n1.CCCC[N-]C(=O)c1cccc(C(=O)[N-]CCCC)n1.CCCC[N-]C(=O)c1cccc(C(=O)[N-]CCCC)n1.[Cl-].[Cl][Fe]([Cl])[Cl].[Fe+2].[Fe+4]. The Balaban J connectivity index is -0.000000705. The van der Waals surface area contributed by atoms with E-state index in [1.54, 1.807) is 109 Å². The molecule has 127 heavy (non-hydrogen) atoms. The van der Waals surface area contributed by atoms with Crippen molar-refractivity contribution in [2.45, 2.75) is 250 Å². The maximum Gasteiger partial charge on any atom is 4.00 e. The molecule has 6 heterocycles. The van der Waals surface area contributed by atoms with E-state index in [-0.39, 0.29) is 180 Å². The molecule has 707 valence electrons. The van der Waals surface area contributed by atoms with Gasteiger partial charge in [0.2, 0.25) is 0 Å². The van der Waals surface area contributed by atoms with E-state index in [4.69, 9.17) is 30.3 Å². The molecule has 6 rings (SSSR count). The predicted octanol–water partition coefficient (Wildman–Crippen LogP) is 17.9. The van der Waals surface area contributed by atoms with Crippen molar-refractivity contribution in [2.75, 3.05) is 72.0 Å². The van der Waals surface area contributed by atoms with Gasteiger partial charge >= 0.3 is 75.6 Å². The number of aromatic nitrogens is 6. The van der Waals surface area contributed by atoms with Gasteiger partial charge < -0.3 is 99.7 Å². The number of carbonyl (C=O) groups excluding carboxylic acids is 12. The molecule has 0 unspecified atom stereocenters. The number of nitrogens with zero attached hydrogens (tertiary/aromatic N) is 12. The molecule has 0 saturated carbocycles. The van der Waals surface area contributed by atoms with Gasteiger partial charge in [0.25, 0.3) is 29.5 Å². The van der Waals surface area contributed by atoms with Crippen LogP contribution in [-0.2, 0) is 45.3 Å². The van der Waals surface area contributed by atoms with Gasteiger partial charge in [-0.15, -0.1) is 39.3 Å². The summed E-state index contributed by atoms with van der Waals surface area (Å²) < 4.78 is 0. The molecule has 0 spiro atoms. The van der Waals surface area contributed by atoms with Crippen LogP contribution in [0.4, 0.5) is 0 Å². The molecular formula is C91H133Cl4Fe3N17O12-. The topological polar surface area (TPSA) is 427 Å². The summed E-state index contributed by atoms with van der Waals surface area (Å²) in [5.74, 6) is -3.37. The van der Waals surface area contributed by atoms with E-state index >= 15 is 0 Å². The van der Waals surface area contributed by atoms with Gasteiger partial charge in [-0.05, 0) is 111 Å². The molecule has 0 aliphatic heterocycles. The minimum atomic E-state index is -1.33. The molecule has 29 nitrogen and oxygen atoms in total. The van der Waals surface area contributed by atoms with Gasteiger partial charge in [-0.25, -0.2) is 29.9 Å². The van der Waals surface area contributed by atoms with Gasteiger partial charge in [0.1, 0.15) is 69.6 Å². The van der Waals surface area contributed by atoms with Crippen LogP contribution in [0.2, 0.25) is 0 Å². The second-order valence-corrected chi connectivity index (χ2v) is 33.2. The fourth-order valence-corrected chi connectivity index (χ4v) is 9.64. The summed E-state index contributed by atoms with van der Waals surface area (Å²) >= 11 is -1.33. The van der Waals surface area contributed by atoms with Crippen molar-refractivity contribution < 1.29 is 115 Å². The molecule has 0 aliphatic rings. The predicted molar refractivity (Wildman–Crippen MR) is 492 cm³/mol. The minimum absolute atomic E-state index is 0. The first-order valence-electron chi connectivity index (χ1n) is 43.6. The van der Waals surface area contributed by atoms with Crippen LogP contribution in [0.3, 0.4) is 0 Å². The summed E-state index contributed by atoms with van der Waals surface area (Å²) in [5, 5.41) is 37.5. The van der Waals surface area contributed by atoms with E-state index in [0.717, 1.165) is 161 Å². The molecule has 5 N–H and O–H groups in total. The quantitative estimate of drug-likeness (QED) is 0.0134. The fourth-order valence-electron chi connectivity index (χ4n) is 9.64. The number of hydrogen-bond donors (Lipinski definition) is 5. The van der Waals surface area contributed by atoms with Crippen molar-refractivity contribution in [3.8, 4) is 0 Å². The first-order valence-corrected chi connectivity index (χ1v) is 48.2. The van der Waals surface area contributed by atoms with Gasteiger partial charge in [0, 0.05) is 39.1 Å². The zero-order valence-electron chi connectivity index (χ0n) is 75.9. The summed E-state index contributed by atoms with van der Waals surface area (Å²) in [6.45, 7) is 30.8. The molecular weight excluding hydrogens is 1830 g/mol. The molecule has 0 fully saturated rings. The van der Waals surface area contributed by atoms with Gasteiger partial charge in [-0.1, -0.05) is 241 Å². The number of carbonyl (C=O) groups is 12. The molecule has 0 aliphatic carbocycles. The van der Waals surface area contributed by atoms with Crippen molar-refractivity contribution >= 4 is 101 Å². The molecule has 0 bridgehead atoms. The van der Waals surface area contributed by atoms with E-state index in [0.29, 0.717) is 84.1 Å². The second-order valence-electron chi connectivity index (χ2n) is 27.8. The van der Waals surface area contributed by atoms with Crippen LogP contribution in [-0.4, -0.2) is 173 Å². The largest absolute Gasteiger partial charge is 4.00 e. The van der Waals surface area contributed by atoms with E-state index in [2.05, 4.69) is 130 Å². The molecule has 6 aromatic heterocycles. The molecule has 0 radical (unpaired) electrons. The van der Waals surface area contributed by atoms with Crippen molar-refractivity contribution in [1.82, 2.24) is 56.5 Å². The number of ketones is 1. The molecule has 36 heteroatoms. The summed E-state index contributed by atoms with van der Waals surface area (Å²) in [5.41, 5.74) is 3.08. The number of unbranched alkanes of at least 4 members (excludes halogenated alkanes) is 13. The average Bonchev–Trinajstić information content (AvgIpc) is 0.898. The molecule has 6 aromatic rings. The van der Waals surface area contributed by atoms with Crippen molar-refractivity contribution in [1.29, 1.82) is 0 Å². The summed E-state index contributed by atoms with van der Waals surface area (Å²) in [4.78, 5) is 166. The maximum absolute atomic E-state index is 12.0. The van der Waals surface area contributed by atoms with Crippen LogP contribution < -0.4 is 39.0 Å². The number of hydrogen-bond acceptors (Lipinski definition) is 18. The second kappa shape index (κ2) is 83.1. The first-order chi connectivity index (χ1) is 59.8. The first kappa shape index (κ1) is 125. The molecule has 0 aromatic carbocycles. The number of nitrogens with one attached hydrogen (secondary N) is 5. The minimum Gasteiger partial charge on any atom is 2.00 e. The number of pyridine rings is 6. The standard InChI is InChI=1S/C16H24N2O2.5C15H23N3O2.4ClH.3Fe/c1-3-5-7-11-15(19)13-9-8-10-14(18-13)16(20)17-12-6-4-2;5*1-3-5-10-16-14(19)12-8-7-9-13(18-12)15(20)17-11-6-4-2;;;;;;;/h8-10H,3-7,11-12H2,1-2H3,(H,17,20);2*7-9H,3-6,10-11H2,1-2H3,(H,16,19)(H,17,20);3*7-9H,3-6,10-11H2,1-2H3,(H2,16,17,19,20);4*1H;;;/q;;;;;;;;;;+2;+3;+4/p-10. The Morgan fingerprint density at radius 2 is 0.402 bits per heavy atom. The van der Waals surface area contributed by atoms with Crippen LogP contribution in [0.25, 0.3) is 31.9 Å². The van der Waals surface area contributed by atoms with E-state index in [1.165, 1.54) is 0 Å². The average molecular weight is 1970 g/mol. The van der Waals surface area contributed by atoms with Crippen molar-refractivity contribution in [3.05, 3.63) is 209 Å². The third kappa shape index (κ3) is 61.6. The summed E-state index contributed by atoms with van der Waals surface area (Å²) in [6, 6.07) is 29.2. The number of rotatable bonds is 49. The van der Waals surface area contributed by atoms with E-state index in [1.807, 2.05) is 41.5 Å². The number of amides is 11. The third-order valence-corrected chi connectivity index (χ3v) is 16.9. The van der Waals surface area contributed by atoms with Gasteiger partial charge in [-0.2, -0.15) is 0 Å². The Morgan fingerprint density at radius 1 is 0.252 bits per heavy atom. The Labute approximate surface area is 798 Å². The number of Topliss-reactive ketones (excluding diaryl/α,β-unsaturated/α-hetero) is 1. The van der Waals surface area contributed by atoms with Crippen LogP contribution in [0.1, 0.15) is 376 Å². The van der Waals surface area contributed by atoms with Gasteiger partial charge in [-0.3, -0.25) is 28.8 Å². The number of halogens is 4. The smallest absolute Gasteiger partial charge is 2.00 e. The zero-order valence-corrected chi connectivity index (χ0v) is 82.2. The van der Waals surface area contributed by atoms with Crippen LogP contribution in [0.5, 0.6) is 0 Å². The molecule has 0 atom stereocenters. The van der Waals surface area contributed by atoms with E-state index < -0.39 is 11.2 Å². The maximum atomic E-state index is 12.0. The van der Waals surface area contributed by atoms with Crippen molar-refractivity contribution in [2.24, 2.45) is 0 Å². The van der Waals surface area contributed by atoms with Crippen molar-refractivity contribution in [3.63, 3.8) is 0 Å². The molecule has 11 amide bonds. The molecule has 0 saturated heterocycles. The summed E-state index contributed by atoms with van der Waals surface area (Å²) in [7, 11) is 14.7. The van der Waals surface area contributed by atoms with E-state index in [9.17, 15) is 57.5 Å². The van der Waals surface area contributed by atoms with Crippen LogP contribution in [0, 0.1) is 0 Å². The van der Waals surface area contributed by atoms with Gasteiger partial charge in [0.15, 0.2) is 5.78 Å². The van der Waals surface area contributed by atoms with Crippen LogP contribution in [0.15, 0.2) is 109 Å². The summed E-state index contributed by atoms with van der Waals surface area (Å²) in [6.07, 6.45) is 24.4. The Morgan fingerprint density at radius 3 is 0.583 bits per heavy atom. The Kier molecular flexibility index (Phi) is 81.6. The normalized spacial score (nSPS) is 9.93.